The number of aromatic hydroxyl groups is 1. The van der Waals surface area contributed by atoms with E-state index in [4.69, 9.17) is 0 Å². The second-order valence-electron chi connectivity index (χ2n) is 2.33. The maximum atomic E-state index is 9.23. The van der Waals surface area contributed by atoms with Crippen LogP contribution in [0.2, 0.25) is 0 Å². The molecule has 0 aliphatic rings. The summed E-state index contributed by atoms with van der Waals surface area (Å²) < 4.78 is -0.542. The number of hydrogen-bond acceptors (Lipinski definition) is 2. The number of rotatable bonds is 1. The van der Waals surface area contributed by atoms with Crippen molar-refractivity contribution >= 4 is 35.9 Å². The van der Waals surface area contributed by atoms with Gasteiger partial charge in [-0.15, -0.1) is 0 Å². The van der Waals surface area contributed by atoms with Gasteiger partial charge < -0.3 is 10.2 Å². The standard InChI is InChI=1S/C7H8BIO2/c8-6-4(7(9)11)2-1-3-5(6)10/h1-3,7,10-11H,8H2. The third kappa shape index (κ3) is 1.87. The zero-order valence-corrected chi connectivity index (χ0v) is 8.24. The molecular formula is C7H8BIO2. The van der Waals surface area contributed by atoms with Crippen molar-refractivity contribution in [2.75, 3.05) is 0 Å². The van der Waals surface area contributed by atoms with Gasteiger partial charge in [0.15, 0.2) is 0 Å². The van der Waals surface area contributed by atoms with Crippen molar-refractivity contribution in [1.82, 2.24) is 0 Å². The van der Waals surface area contributed by atoms with Crippen molar-refractivity contribution < 1.29 is 10.2 Å². The molecule has 0 aliphatic heterocycles. The van der Waals surface area contributed by atoms with E-state index in [1.807, 2.05) is 22.6 Å². The molecule has 1 unspecified atom stereocenters. The summed E-state index contributed by atoms with van der Waals surface area (Å²) in [5, 5.41) is 18.4. The number of phenols is 1. The second kappa shape index (κ2) is 3.45. The molecule has 2 N–H and O–H groups in total. The molecule has 0 aliphatic carbocycles. The topological polar surface area (TPSA) is 40.5 Å². The number of phenolic OH excluding ortho intramolecular Hbond substituents is 1. The fourth-order valence-electron chi connectivity index (χ4n) is 0.899. The zero-order chi connectivity index (χ0) is 8.43. The highest BCUT2D eigenvalue weighted by molar-refractivity contribution is 14.1. The Morgan fingerprint density at radius 2 is 2.09 bits per heavy atom. The quantitative estimate of drug-likeness (QED) is 0.427. The monoisotopic (exact) mass is 262 g/mol. The lowest BCUT2D eigenvalue weighted by Gasteiger charge is -2.07. The van der Waals surface area contributed by atoms with E-state index in [2.05, 4.69) is 0 Å². The molecule has 2 nitrogen and oxygen atoms in total. The van der Waals surface area contributed by atoms with Gasteiger partial charge in [-0.1, -0.05) is 12.1 Å². The van der Waals surface area contributed by atoms with Crippen molar-refractivity contribution in [2.45, 2.75) is 4.11 Å². The van der Waals surface area contributed by atoms with Gasteiger partial charge in [-0.3, -0.25) is 0 Å². The van der Waals surface area contributed by atoms with Gasteiger partial charge in [0, 0.05) is 0 Å². The van der Waals surface area contributed by atoms with Crippen LogP contribution < -0.4 is 5.46 Å². The first-order valence-corrected chi connectivity index (χ1v) is 4.48. The highest BCUT2D eigenvalue weighted by Crippen LogP contribution is 2.19. The normalized spacial score (nSPS) is 12.9. The van der Waals surface area contributed by atoms with Crippen LogP contribution in [-0.2, 0) is 0 Å². The summed E-state index contributed by atoms with van der Waals surface area (Å²) in [6.45, 7) is 0. The van der Waals surface area contributed by atoms with E-state index in [0.29, 0.717) is 0 Å². The van der Waals surface area contributed by atoms with Gasteiger partial charge in [-0.2, -0.15) is 0 Å². The van der Waals surface area contributed by atoms with Crippen LogP contribution in [-0.4, -0.2) is 18.1 Å². The summed E-state index contributed by atoms with van der Waals surface area (Å²) in [6.07, 6.45) is 0. The first-order valence-electron chi connectivity index (χ1n) is 3.23. The molecule has 0 spiro atoms. The van der Waals surface area contributed by atoms with Gasteiger partial charge in [0.2, 0.25) is 0 Å². The van der Waals surface area contributed by atoms with Crippen LogP contribution in [0.5, 0.6) is 5.75 Å². The molecule has 1 rings (SSSR count). The molecule has 0 saturated heterocycles. The summed E-state index contributed by atoms with van der Waals surface area (Å²) in [7, 11) is 1.78. The molecule has 4 heteroatoms. The smallest absolute Gasteiger partial charge is 0.144 e. The molecule has 58 valence electrons. The van der Waals surface area contributed by atoms with Crippen LogP contribution in [0.25, 0.3) is 0 Å². The summed E-state index contributed by atoms with van der Waals surface area (Å²) >= 11 is 1.90. The number of halogens is 1. The van der Waals surface area contributed by atoms with Crippen LogP contribution in [0.3, 0.4) is 0 Å². The van der Waals surface area contributed by atoms with Crippen molar-refractivity contribution in [1.29, 1.82) is 0 Å². The second-order valence-corrected chi connectivity index (χ2v) is 3.51. The Kier molecular flexibility index (Phi) is 2.78. The van der Waals surface area contributed by atoms with Gasteiger partial charge in [0.05, 0.1) is 0 Å². The summed E-state index contributed by atoms with van der Waals surface area (Å²) in [5.74, 6) is 0.234. The first-order chi connectivity index (χ1) is 5.13. The van der Waals surface area contributed by atoms with Crippen molar-refractivity contribution in [3.63, 3.8) is 0 Å². The summed E-state index contributed by atoms with van der Waals surface area (Å²) in [4.78, 5) is 0. The van der Waals surface area contributed by atoms with E-state index in [0.717, 1.165) is 11.0 Å². The zero-order valence-electron chi connectivity index (χ0n) is 6.08. The average Bonchev–Trinajstić information content (AvgIpc) is 1.94. The van der Waals surface area contributed by atoms with Crippen LogP contribution in [0.1, 0.15) is 9.67 Å². The maximum Gasteiger partial charge on any atom is 0.144 e. The van der Waals surface area contributed by atoms with Crippen LogP contribution in [0, 0.1) is 0 Å². The highest BCUT2D eigenvalue weighted by atomic mass is 127. The SMILES string of the molecule is Bc1c(O)cccc1C(O)I. The molecule has 1 aromatic carbocycles. The predicted molar refractivity (Wildman–Crippen MR) is 55.3 cm³/mol. The molecule has 1 aromatic rings. The fourth-order valence-corrected chi connectivity index (χ4v) is 1.57. The van der Waals surface area contributed by atoms with Gasteiger partial charge in [0.1, 0.15) is 17.7 Å². The number of alkyl halides is 1. The molecule has 1 atom stereocenters. The van der Waals surface area contributed by atoms with Crippen molar-refractivity contribution in [3.05, 3.63) is 23.8 Å². The van der Waals surface area contributed by atoms with Crippen LogP contribution >= 0.6 is 22.6 Å². The van der Waals surface area contributed by atoms with Gasteiger partial charge >= 0.3 is 0 Å². The Morgan fingerprint density at radius 3 is 2.55 bits per heavy atom. The molecule has 0 aromatic heterocycles. The minimum atomic E-state index is -0.542. The molecule has 0 amide bonds. The molecular weight excluding hydrogens is 254 g/mol. The lowest BCUT2D eigenvalue weighted by molar-refractivity contribution is 0.287. The molecule has 11 heavy (non-hydrogen) atoms. The van der Waals surface area contributed by atoms with E-state index in [1.54, 1.807) is 26.0 Å². The van der Waals surface area contributed by atoms with Crippen molar-refractivity contribution in [2.24, 2.45) is 0 Å². The molecule has 0 radical (unpaired) electrons. The van der Waals surface area contributed by atoms with Crippen molar-refractivity contribution in [3.8, 4) is 5.75 Å². The number of benzene rings is 1. The minimum Gasteiger partial charge on any atom is -0.509 e. The van der Waals surface area contributed by atoms with Gasteiger partial charge in [0.25, 0.3) is 0 Å². The maximum absolute atomic E-state index is 9.23. The van der Waals surface area contributed by atoms with E-state index in [9.17, 15) is 10.2 Å². The van der Waals surface area contributed by atoms with E-state index >= 15 is 0 Å². The Bertz CT molecular complexity index is 263. The summed E-state index contributed by atoms with van der Waals surface area (Å²) in [6, 6.07) is 5.13. The van der Waals surface area contributed by atoms with Crippen LogP contribution in [0.4, 0.5) is 0 Å². The lowest BCUT2D eigenvalue weighted by Crippen LogP contribution is -2.11. The summed E-state index contributed by atoms with van der Waals surface area (Å²) in [5.41, 5.74) is 1.51. The molecule has 0 fully saturated rings. The van der Waals surface area contributed by atoms with Gasteiger partial charge in [-0.05, 0) is 39.7 Å². The third-order valence-electron chi connectivity index (χ3n) is 1.60. The number of aliphatic hydroxyl groups excluding tert-OH is 1. The Morgan fingerprint density at radius 1 is 1.45 bits per heavy atom. The minimum absolute atomic E-state index is 0.234. The predicted octanol–water partition coefficient (Wildman–Crippen LogP) is 0.0765. The average molecular weight is 262 g/mol. The Hall–Kier alpha value is -0.225. The highest BCUT2D eigenvalue weighted by Gasteiger charge is 2.07. The van der Waals surface area contributed by atoms with E-state index < -0.39 is 4.11 Å². The largest absolute Gasteiger partial charge is 0.509 e. The Labute approximate surface area is 79.8 Å². The first kappa shape index (κ1) is 8.87. The number of aliphatic hydroxyl groups is 1. The molecule has 0 heterocycles. The molecule has 0 saturated carbocycles. The Balaban J connectivity index is 3.17. The van der Waals surface area contributed by atoms with E-state index in [-0.39, 0.29) is 5.75 Å². The number of hydrogen-bond donors (Lipinski definition) is 2. The third-order valence-corrected chi connectivity index (χ3v) is 2.27. The molecule has 0 bridgehead atoms. The lowest BCUT2D eigenvalue weighted by atomic mass is 9.90. The fraction of sp³-hybridized carbons (Fsp3) is 0.143. The van der Waals surface area contributed by atoms with Crippen LogP contribution in [0.15, 0.2) is 18.2 Å². The van der Waals surface area contributed by atoms with Gasteiger partial charge in [-0.25, -0.2) is 0 Å². The van der Waals surface area contributed by atoms with E-state index in [1.165, 1.54) is 0 Å².